The monoisotopic (exact) mass is 329 g/mol. The Balaban J connectivity index is 1.71. The van der Waals surface area contributed by atoms with Gasteiger partial charge in [0, 0.05) is 6.04 Å². The van der Waals surface area contributed by atoms with E-state index in [1.807, 2.05) is 38.1 Å². The molecule has 4 amide bonds. The minimum atomic E-state index is -1.13. The van der Waals surface area contributed by atoms with Gasteiger partial charge in [-0.1, -0.05) is 29.8 Å². The number of carbonyl (C=O) groups excluding carboxylic acids is 3. The van der Waals surface area contributed by atoms with Crippen LogP contribution in [0, 0.1) is 12.8 Å². The zero-order chi connectivity index (χ0) is 17.5. The number of carbonyl (C=O) groups is 3. The molecule has 1 aliphatic heterocycles. The van der Waals surface area contributed by atoms with Gasteiger partial charge in [-0.15, -0.1) is 0 Å². The highest BCUT2D eigenvalue weighted by Crippen LogP contribution is 2.32. The van der Waals surface area contributed by atoms with Crippen molar-refractivity contribution in [1.82, 2.24) is 15.5 Å². The fraction of sp³-hybridized carbons (Fsp3) is 0.500. The standard InChI is InChI=1S/C18H23N3O3/c1-11-4-8-14(9-5-11)18(3)16(23)21(17(24)20-18)10-15(22)19-12(2)13-6-7-13/h4-5,8-9,12-13H,6-7,10H2,1-3H3,(H,19,22)(H,20,24)/t12-,18+/m1/s1. The van der Waals surface area contributed by atoms with E-state index >= 15 is 0 Å². The molecule has 1 heterocycles. The number of hydrogen-bond donors (Lipinski definition) is 2. The van der Waals surface area contributed by atoms with Crippen LogP contribution < -0.4 is 10.6 Å². The van der Waals surface area contributed by atoms with Gasteiger partial charge in [0.25, 0.3) is 5.91 Å². The van der Waals surface area contributed by atoms with Crippen LogP contribution in [0.25, 0.3) is 0 Å². The molecule has 0 spiro atoms. The summed E-state index contributed by atoms with van der Waals surface area (Å²) in [6, 6.07) is 7.00. The van der Waals surface area contributed by atoms with Crippen molar-refractivity contribution in [2.24, 2.45) is 5.92 Å². The lowest BCUT2D eigenvalue weighted by atomic mass is 9.91. The fourth-order valence-corrected chi connectivity index (χ4v) is 3.08. The molecule has 0 aromatic heterocycles. The number of benzene rings is 1. The predicted molar refractivity (Wildman–Crippen MR) is 89.1 cm³/mol. The van der Waals surface area contributed by atoms with Crippen LogP contribution in [0.15, 0.2) is 24.3 Å². The third-order valence-corrected chi connectivity index (χ3v) is 4.92. The number of imide groups is 1. The Morgan fingerprint density at radius 3 is 2.54 bits per heavy atom. The summed E-state index contributed by atoms with van der Waals surface area (Å²) in [5, 5.41) is 5.59. The molecule has 6 nitrogen and oxygen atoms in total. The van der Waals surface area contributed by atoms with Gasteiger partial charge in [0.2, 0.25) is 5.91 Å². The van der Waals surface area contributed by atoms with Crippen molar-refractivity contribution < 1.29 is 14.4 Å². The molecule has 1 aromatic carbocycles. The molecular formula is C18H23N3O3. The van der Waals surface area contributed by atoms with Gasteiger partial charge in [-0.3, -0.25) is 14.5 Å². The molecule has 24 heavy (non-hydrogen) atoms. The normalized spacial score (nSPS) is 24.7. The van der Waals surface area contributed by atoms with Gasteiger partial charge in [0.1, 0.15) is 12.1 Å². The molecule has 1 saturated heterocycles. The highest BCUT2D eigenvalue weighted by atomic mass is 16.2. The molecule has 1 aromatic rings. The summed E-state index contributed by atoms with van der Waals surface area (Å²) in [5.41, 5.74) is 0.651. The van der Waals surface area contributed by atoms with Crippen molar-refractivity contribution in [3.63, 3.8) is 0 Å². The Hall–Kier alpha value is -2.37. The maximum absolute atomic E-state index is 12.8. The molecule has 3 rings (SSSR count). The van der Waals surface area contributed by atoms with Gasteiger partial charge in [-0.25, -0.2) is 4.79 Å². The zero-order valence-corrected chi connectivity index (χ0v) is 14.3. The summed E-state index contributed by atoms with van der Waals surface area (Å²) in [7, 11) is 0. The number of aryl methyl sites for hydroxylation is 1. The molecule has 2 aliphatic rings. The molecule has 128 valence electrons. The molecular weight excluding hydrogens is 306 g/mol. The highest BCUT2D eigenvalue weighted by Gasteiger charge is 2.49. The smallest absolute Gasteiger partial charge is 0.325 e. The van der Waals surface area contributed by atoms with Gasteiger partial charge in [-0.05, 0) is 45.1 Å². The van der Waals surface area contributed by atoms with Gasteiger partial charge >= 0.3 is 6.03 Å². The quantitative estimate of drug-likeness (QED) is 0.807. The van der Waals surface area contributed by atoms with Crippen molar-refractivity contribution in [2.45, 2.75) is 45.2 Å². The summed E-state index contributed by atoms with van der Waals surface area (Å²) >= 11 is 0. The van der Waals surface area contributed by atoms with Crippen LogP contribution in [0.1, 0.15) is 37.8 Å². The summed E-state index contributed by atoms with van der Waals surface area (Å²) < 4.78 is 0. The average molecular weight is 329 g/mol. The van der Waals surface area contributed by atoms with Crippen molar-refractivity contribution >= 4 is 17.8 Å². The van der Waals surface area contributed by atoms with Crippen molar-refractivity contribution in [2.75, 3.05) is 6.54 Å². The Labute approximate surface area is 141 Å². The minimum absolute atomic E-state index is 0.0850. The molecule has 0 bridgehead atoms. The van der Waals surface area contributed by atoms with E-state index < -0.39 is 17.5 Å². The average Bonchev–Trinajstić information content (AvgIpc) is 3.34. The molecule has 2 N–H and O–H groups in total. The van der Waals surface area contributed by atoms with E-state index in [0.29, 0.717) is 11.5 Å². The molecule has 1 saturated carbocycles. The summed E-state index contributed by atoms with van der Waals surface area (Å²) in [4.78, 5) is 38.1. The first-order valence-electron chi connectivity index (χ1n) is 8.32. The summed E-state index contributed by atoms with van der Waals surface area (Å²) in [6.45, 7) is 5.34. The Kier molecular flexibility index (Phi) is 4.07. The zero-order valence-electron chi connectivity index (χ0n) is 14.3. The van der Waals surface area contributed by atoms with Crippen LogP contribution >= 0.6 is 0 Å². The van der Waals surface area contributed by atoms with E-state index in [9.17, 15) is 14.4 Å². The maximum atomic E-state index is 12.8. The highest BCUT2D eigenvalue weighted by molar-refractivity contribution is 6.09. The number of nitrogens with zero attached hydrogens (tertiary/aromatic N) is 1. The first kappa shape index (κ1) is 16.5. The van der Waals surface area contributed by atoms with Crippen LogP contribution in [0.4, 0.5) is 4.79 Å². The van der Waals surface area contributed by atoms with E-state index in [2.05, 4.69) is 10.6 Å². The van der Waals surface area contributed by atoms with Crippen LogP contribution in [0.5, 0.6) is 0 Å². The molecule has 0 radical (unpaired) electrons. The summed E-state index contributed by atoms with van der Waals surface area (Å²) in [6.07, 6.45) is 2.24. The lowest BCUT2D eigenvalue weighted by Gasteiger charge is -2.22. The minimum Gasteiger partial charge on any atom is -0.352 e. The topological polar surface area (TPSA) is 78.5 Å². The van der Waals surface area contributed by atoms with Crippen molar-refractivity contribution in [3.8, 4) is 0 Å². The molecule has 6 heteroatoms. The predicted octanol–water partition coefficient (Wildman–Crippen LogP) is 1.68. The second kappa shape index (κ2) is 5.92. The van der Waals surface area contributed by atoms with Crippen LogP contribution in [0.3, 0.4) is 0 Å². The number of urea groups is 1. The number of rotatable bonds is 5. The van der Waals surface area contributed by atoms with Crippen LogP contribution in [-0.2, 0) is 15.1 Å². The van der Waals surface area contributed by atoms with Crippen molar-refractivity contribution in [1.29, 1.82) is 0 Å². The van der Waals surface area contributed by atoms with Gasteiger partial charge in [0.05, 0.1) is 0 Å². The van der Waals surface area contributed by atoms with Crippen LogP contribution in [0.2, 0.25) is 0 Å². The number of amides is 4. The third-order valence-electron chi connectivity index (χ3n) is 4.92. The van der Waals surface area contributed by atoms with Gasteiger partial charge in [-0.2, -0.15) is 0 Å². The van der Waals surface area contributed by atoms with Crippen molar-refractivity contribution in [3.05, 3.63) is 35.4 Å². The molecule has 2 atom stereocenters. The van der Waals surface area contributed by atoms with E-state index in [-0.39, 0.29) is 18.5 Å². The summed E-state index contributed by atoms with van der Waals surface area (Å²) in [5.74, 6) is -0.175. The van der Waals surface area contributed by atoms with E-state index in [0.717, 1.165) is 23.3 Å². The molecule has 1 aliphatic carbocycles. The second-order valence-corrected chi connectivity index (χ2v) is 7.01. The lowest BCUT2D eigenvalue weighted by molar-refractivity contribution is -0.135. The number of hydrogen-bond acceptors (Lipinski definition) is 3. The Bertz CT molecular complexity index is 681. The first-order chi connectivity index (χ1) is 11.3. The van der Waals surface area contributed by atoms with Gasteiger partial charge in [0.15, 0.2) is 0 Å². The lowest BCUT2D eigenvalue weighted by Crippen LogP contribution is -2.45. The van der Waals surface area contributed by atoms with E-state index in [1.54, 1.807) is 6.92 Å². The largest absolute Gasteiger partial charge is 0.352 e. The SMILES string of the molecule is Cc1ccc([C@]2(C)NC(=O)N(CC(=O)N[C@H](C)C3CC3)C2=O)cc1. The van der Waals surface area contributed by atoms with Crippen LogP contribution in [-0.4, -0.2) is 35.3 Å². The third kappa shape index (κ3) is 3.00. The fourth-order valence-electron chi connectivity index (χ4n) is 3.08. The second-order valence-electron chi connectivity index (χ2n) is 7.01. The first-order valence-corrected chi connectivity index (χ1v) is 8.32. The number of nitrogens with one attached hydrogen (secondary N) is 2. The Morgan fingerprint density at radius 1 is 1.33 bits per heavy atom. The molecule has 0 unspecified atom stereocenters. The maximum Gasteiger partial charge on any atom is 0.325 e. The Morgan fingerprint density at radius 2 is 1.96 bits per heavy atom. The van der Waals surface area contributed by atoms with E-state index in [1.165, 1.54) is 0 Å². The van der Waals surface area contributed by atoms with Gasteiger partial charge < -0.3 is 10.6 Å². The molecule has 2 fully saturated rings. The van der Waals surface area contributed by atoms with E-state index in [4.69, 9.17) is 0 Å².